The standard InChI is InChI=1S/C17H16N2OS2/c1-11-8-13(10-22-11)19-16(20)9-12-6-7-21-15-5-3-2-4-14(15)17(12)18-19/h2-5,8,10,12H,6-7,9H2,1H3. The fourth-order valence-corrected chi connectivity index (χ4v) is 4.80. The molecular formula is C17H16N2OS2. The van der Waals surface area contributed by atoms with Crippen molar-refractivity contribution >= 4 is 40.4 Å². The van der Waals surface area contributed by atoms with E-state index in [0.717, 1.165) is 23.6 Å². The summed E-state index contributed by atoms with van der Waals surface area (Å²) < 4.78 is 0. The Balaban J connectivity index is 1.82. The molecule has 22 heavy (non-hydrogen) atoms. The number of benzene rings is 1. The number of nitrogens with zero attached hydrogens (tertiary/aromatic N) is 2. The molecule has 0 N–H and O–H groups in total. The van der Waals surface area contributed by atoms with Gasteiger partial charge >= 0.3 is 0 Å². The number of thioether (sulfide) groups is 1. The summed E-state index contributed by atoms with van der Waals surface area (Å²) in [6, 6.07) is 10.4. The van der Waals surface area contributed by atoms with Gasteiger partial charge in [0.25, 0.3) is 0 Å². The van der Waals surface area contributed by atoms with Crippen molar-refractivity contribution in [1.82, 2.24) is 0 Å². The molecule has 2 aliphatic rings. The molecule has 112 valence electrons. The Hall–Kier alpha value is -1.59. The largest absolute Gasteiger partial charge is 0.273 e. The molecule has 0 spiro atoms. The Morgan fingerprint density at radius 1 is 1.32 bits per heavy atom. The molecule has 0 saturated heterocycles. The minimum Gasteiger partial charge on any atom is -0.273 e. The van der Waals surface area contributed by atoms with Gasteiger partial charge in [-0.05, 0) is 31.2 Å². The van der Waals surface area contributed by atoms with E-state index in [1.54, 1.807) is 16.3 Å². The maximum absolute atomic E-state index is 12.5. The topological polar surface area (TPSA) is 32.7 Å². The molecule has 5 heteroatoms. The molecule has 2 aromatic rings. The molecule has 0 aliphatic carbocycles. The number of carbonyl (C=O) groups excluding carboxylic acids is 1. The fraction of sp³-hybridized carbons (Fsp3) is 0.294. The molecule has 3 nitrogen and oxygen atoms in total. The van der Waals surface area contributed by atoms with Crippen LogP contribution in [-0.4, -0.2) is 17.4 Å². The van der Waals surface area contributed by atoms with Gasteiger partial charge in [0.1, 0.15) is 0 Å². The summed E-state index contributed by atoms with van der Waals surface area (Å²) in [7, 11) is 0. The number of amides is 1. The van der Waals surface area contributed by atoms with E-state index < -0.39 is 0 Å². The second kappa shape index (κ2) is 5.56. The summed E-state index contributed by atoms with van der Waals surface area (Å²) in [5.41, 5.74) is 3.16. The van der Waals surface area contributed by atoms with E-state index in [1.807, 2.05) is 23.2 Å². The van der Waals surface area contributed by atoms with Gasteiger partial charge in [-0.3, -0.25) is 4.79 Å². The van der Waals surface area contributed by atoms with E-state index >= 15 is 0 Å². The highest BCUT2D eigenvalue weighted by Crippen LogP contribution is 2.37. The molecule has 0 radical (unpaired) electrons. The molecule has 0 saturated carbocycles. The Bertz CT molecular complexity index is 766. The summed E-state index contributed by atoms with van der Waals surface area (Å²) >= 11 is 3.52. The van der Waals surface area contributed by atoms with E-state index in [-0.39, 0.29) is 11.8 Å². The van der Waals surface area contributed by atoms with E-state index in [0.29, 0.717) is 6.42 Å². The van der Waals surface area contributed by atoms with E-state index in [1.165, 1.54) is 15.3 Å². The fourth-order valence-electron chi connectivity index (χ4n) is 3.01. The average Bonchev–Trinajstić information content (AvgIpc) is 2.86. The second-order valence-electron chi connectivity index (χ2n) is 5.64. The van der Waals surface area contributed by atoms with Gasteiger partial charge in [0, 0.05) is 33.1 Å². The van der Waals surface area contributed by atoms with Crippen molar-refractivity contribution in [3.63, 3.8) is 0 Å². The van der Waals surface area contributed by atoms with Gasteiger partial charge in [-0.2, -0.15) is 10.1 Å². The zero-order chi connectivity index (χ0) is 15.1. The number of carbonyl (C=O) groups is 1. The number of fused-ring (bicyclic) bond motifs is 3. The Morgan fingerprint density at radius 2 is 2.18 bits per heavy atom. The maximum Gasteiger partial charge on any atom is 0.248 e. The van der Waals surface area contributed by atoms with E-state index in [9.17, 15) is 4.79 Å². The van der Waals surface area contributed by atoms with Gasteiger partial charge in [0.05, 0.1) is 11.4 Å². The van der Waals surface area contributed by atoms with Crippen molar-refractivity contribution in [1.29, 1.82) is 0 Å². The zero-order valence-corrected chi connectivity index (χ0v) is 13.9. The number of anilines is 1. The van der Waals surface area contributed by atoms with Gasteiger partial charge in [0.15, 0.2) is 0 Å². The highest BCUT2D eigenvalue weighted by atomic mass is 32.2. The van der Waals surface area contributed by atoms with Crippen molar-refractivity contribution in [3.05, 3.63) is 46.2 Å². The van der Waals surface area contributed by atoms with Crippen LogP contribution in [0.4, 0.5) is 5.69 Å². The molecule has 1 atom stereocenters. The number of aryl methyl sites for hydroxylation is 1. The van der Waals surface area contributed by atoms with Crippen molar-refractivity contribution in [2.24, 2.45) is 11.0 Å². The van der Waals surface area contributed by atoms with Crippen LogP contribution in [-0.2, 0) is 4.79 Å². The first-order valence-corrected chi connectivity index (χ1v) is 9.27. The van der Waals surface area contributed by atoms with Crippen LogP contribution < -0.4 is 5.01 Å². The Labute approximate surface area is 138 Å². The molecule has 1 unspecified atom stereocenters. The number of hydrogen-bond donors (Lipinski definition) is 0. The highest BCUT2D eigenvalue weighted by molar-refractivity contribution is 7.99. The van der Waals surface area contributed by atoms with Crippen LogP contribution in [0, 0.1) is 12.8 Å². The van der Waals surface area contributed by atoms with Gasteiger partial charge in [-0.1, -0.05) is 18.2 Å². The third-order valence-corrected chi connectivity index (χ3v) is 6.06. The summed E-state index contributed by atoms with van der Waals surface area (Å²) in [6.07, 6.45) is 1.57. The lowest BCUT2D eigenvalue weighted by Crippen LogP contribution is -2.37. The quantitative estimate of drug-likeness (QED) is 0.781. The van der Waals surface area contributed by atoms with Crippen LogP contribution in [0.5, 0.6) is 0 Å². The molecule has 1 aromatic heterocycles. The first-order chi connectivity index (χ1) is 10.7. The molecule has 2 aliphatic heterocycles. The van der Waals surface area contributed by atoms with Crippen LogP contribution >= 0.6 is 23.1 Å². The zero-order valence-electron chi connectivity index (χ0n) is 12.3. The predicted octanol–water partition coefficient (Wildman–Crippen LogP) is 4.31. The van der Waals surface area contributed by atoms with Gasteiger partial charge in [-0.15, -0.1) is 23.1 Å². The van der Waals surface area contributed by atoms with E-state index in [2.05, 4.69) is 31.2 Å². The molecule has 1 aromatic carbocycles. The van der Waals surface area contributed by atoms with Crippen LogP contribution in [0.25, 0.3) is 0 Å². The first kappa shape index (κ1) is 14.0. The van der Waals surface area contributed by atoms with Crippen LogP contribution in [0.2, 0.25) is 0 Å². The molecule has 4 rings (SSSR count). The minimum absolute atomic E-state index is 0.107. The molecule has 0 bridgehead atoms. The summed E-state index contributed by atoms with van der Waals surface area (Å²) in [5.74, 6) is 1.40. The average molecular weight is 328 g/mol. The SMILES string of the molecule is Cc1cc(N2N=C3c4ccccc4SCCC3CC2=O)cs1. The Kier molecular flexibility index (Phi) is 3.54. The maximum atomic E-state index is 12.5. The van der Waals surface area contributed by atoms with Crippen LogP contribution in [0.1, 0.15) is 23.3 Å². The third kappa shape index (κ3) is 2.38. The van der Waals surface area contributed by atoms with Crippen LogP contribution in [0.3, 0.4) is 0 Å². The van der Waals surface area contributed by atoms with Gasteiger partial charge in [-0.25, -0.2) is 0 Å². The first-order valence-electron chi connectivity index (χ1n) is 7.41. The lowest BCUT2D eigenvalue weighted by Gasteiger charge is -2.28. The molecule has 3 heterocycles. The number of rotatable bonds is 1. The highest BCUT2D eigenvalue weighted by Gasteiger charge is 2.33. The van der Waals surface area contributed by atoms with Gasteiger partial charge < -0.3 is 0 Å². The van der Waals surface area contributed by atoms with Crippen molar-refractivity contribution in [2.75, 3.05) is 10.8 Å². The van der Waals surface area contributed by atoms with Crippen LogP contribution in [0.15, 0.2) is 45.7 Å². The summed E-state index contributed by atoms with van der Waals surface area (Å²) in [4.78, 5) is 15.0. The Morgan fingerprint density at radius 3 is 3.00 bits per heavy atom. The van der Waals surface area contributed by atoms with Crippen molar-refractivity contribution in [2.45, 2.75) is 24.7 Å². The minimum atomic E-state index is 0.107. The smallest absolute Gasteiger partial charge is 0.248 e. The molecule has 1 amide bonds. The number of hydrazone groups is 1. The number of hydrogen-bond acceptors (Lipinski definition) is 4. The van der Waals surface area contributed by atoms with Gasteiger partial charge in [0.2, 0.25) is 5.91 Å². The lowest BCUT2D eigenvalue weighted by molar-refractivity contribution is -0.119. The molecule has 0 fully saturated rings. The van der Waals surface area contributed by atoms with E-state index in [4.69, 9.17) is 5.10 Å². The van der Waals surface area contributed by atoms with Crippen molar-refractivity contribution in [3.8, 4) is 0 Å². The predicted molar refractivity (Wildman–Crippen MR) is 93.0 cm³/mol. The van der Waals surface area contributed by atoms with Crippen molar-refractivity contribution < 1.29 is 4.79 Å². The second-order valence-corrected chi connectivity index (χ2v) is 7.89. The third-order valence-electron chi connectivity index (χ3n) is 4.10. The lowest BCUT2D eigenvalue weighted by atomic mass is 9.90. The monoisotopic (exact) mass is 328 g/mol. The molecular weight excluding hydrogens is 312 g/mol. The summed E-state index contributed by atoms with van der Waals surface area (Å²) in [5, 5.41) is 8.37. The summed E-state index contributed by atoms with van der Waals surface area (Å²) in [6.45, 7) is 2.05. The normalized spacial score (nSPS) is 21.0. The number of thiophene rings is 1.